The van der Waals surface area contributed by atoms with Crippen molar-refractivity contribution in [2.45, 2.75) is 19.0 Å². The second-order valence-corrected chi connectivity index (χ2v) is 7.55. The lowest BCUT2D eigenvalue weighted by atomic mass is 10.1. The number of urea groups is 1. The van der Waals surface area contributed by atoms with Gasteiger partial charge in [0.2, 0.25) is 5.91 Å². The number of hydrogen-bond donors (Lipinski definition) is 1. The number of para-hydroxylation sites is 1. The maximum absolute atomic E-state index is 13.5. The van der Waals surface area contributed by atoms with E-state index >= 15 is 0 Å². The minimum Gasteiger partial charge on any atom is -0.497 e. The molecule has 0 spiro atoms. The number of halogens is 1. The average Bonchev–Trinajstić information content (AvgIpc) is 3.04. The summed E-state index contributed by atoms with van der Waals surface area (Å²) in [5.74, 6) is -0.814. The van der Waals surface area contributed by atoms with Gasteiger partial charge in [0.15, 0.2) is 0 Å². The molecular formula is C25H22FN3O4. The first-order valence-electron chi connectivity index (χ1n) is 10.3. The molecule has 1 aliphatic heterocycles. The van der Waals surface area contributed by atoms with Crippen LogP contribution in [0, 0.1) is 5.82 Å². The smallest absolute Gasteiger partial charge is 0.332 e. The van der Waals surface area contributed by atoms with Crippen molar-refractivity contribution in [3.63, 3.8) is 0 Å². The largest absolute Gasteiger partial charge is 0.497 e. The number of carbonyl (C=O) groups excluding carboxylic acids is 3. The van der Waals surface area contributed by atoms with Crippen LogP contribution < -0.4 is 15.0 Å². The molecule has 1 aliphatic rings. The predicted molar refractivity (Wildman–Crippen MR) is 121 cm³/mol. The van der Waals surface area contributed by atoms with Crippen molar-refractivity contribution in [2.75, 3.05) is 17.3 Å². The van der Waals surface area contributed by atoms with Crippen LogP contribution in [0.25, 0.3) is 0 Å². The first-order chi connectivity index (χ1) is 16.0. The average molecular weight is 447 g/mol. The fraction of sp³-hybridized carbons (Fsp3) is 0.160. The molecule has 4 rings (SSSR count). The highest BCUT2D eigenvalue weighted by Gasteiger charge is 2.46. The number of benzene rings is 3. The lowest BCUT2D eigenvalue weighted by molar-refractivity contribution is -0.124. The summed E-state index contributed by atoms with van der Waals surface area (Å²) in [5.41, 5.74) is 1.49. The number of amides is 4. The Morgan fingerprint density at radius 2 is 1.73 bits per heavy atom. The van der Waals surface area contributed by atoms with E-state index < -0.39 is 29.7 Å². The van der Waals surface area contributed by atoms with Gasteiger partial charge in [0.25, 0.3) is 5.91 Å². The van der Waals surface area contributed by atoms with Crippen LogP contribution in [-0.2, 0) is 16.1 Å². The van der Waals surface area contributed by atoms with E-state index in [1.807, 2.05) is 0 Å². The predicted octanol–water partition coefficient (Wildman–Crippen LogP) is 4.20. The number of rotatable bonds is 7. The summed E-state index contributed by atoms with van der Waals surface area (Å²) in [7, 11) is 1.56. The maximum atomic E-state index is 13.5. The number of ether oxygens (including phenoxy) is 1. The molecule has 1 fully saturated rings. The van der Waals surface area contributed by atoms with E-state index in [9.17, 15) is 18.8 Å². The van der Waals surface area contributed by atoms with Crippen molar-refractivity contribution in [3.05, 3.63) is 90.2 Å². The normalized spacial score (nSPS) is 15.6. The van der Waals surface area contributed by atoms with Crippen LogP contribution in [0.2, 0.25) is 0 Å². The first-order valence-corrected chi connectivity index (χ1v) is 10.3. The van der Waals surface area contributed by atoms with E-state index in [1.165, 1.54) is 23.1 Å². The lowest BCUT2D eigenvalue weighted by Crippen LogP contribution is -2.37. The van der Waals surface area contributed by atoms with Crippen LogP contribution in [0.4, 0.5) is 20.6 Å². The van der Waals surface area contributed by atoms with E-state index in [0.29, 0.717) is 11.4 Å². The summed E-state index contributed by atoms with van der Waals surface area (Å²) in [6.45, 7) is 0.135. The highest BCUT2D eigenvalue weighted by atomic mass is 19.1. The SMILES string of the molecule is COc1ccc(CN2C(=O)N(c3ccccc3)C(=O)[C@@H]2CC(=O)Nc2cccc(F)c2)cc1. The Morgan fingerprint density at radius 1 is 1.00 bits per heavy atom. The quantitative estimate of drug-likeness (QED) is 0.551. The fourth-order valence-electron chi connectivity index (χ4n) is 3.71. The van der Waals surface area contributed by atoms with Crippen LogP contribution in [0.3, 0.4) is 0 Å². The molecule has 0 radical (unpaired) electrons. The minimum absolute atomic E-state index is 0.135. The molecule has 3 aromatic rings. The van der Waals surface area contributed by atoms with Crippen molar-refractivity contribution >= 4 is 29.2 Å². The van der Waals surface area contributed by atoms with Crippen molar-refractivity contribution in [3.8, 4) is 5.75 Å². The van der Waals surface area contributed by atoms with Gasteiger partial charge in [-0.15, -0.1) is 0 Å². The molecule has 4 amide bonds. The number of nitrogens with zero attached hydrogens (tertiary/aromatic N) is 2. The van der Waals surface area contributed by atoms with Gasteiger partial charge in [-0.3, -0.25) is 9.59 Å². The minimum atomic E-state index is -1.01. The Kier molecular flexibility index (Phi) is 6.35. The molecule has 1 saturated heterocycles. The Hall–Kier alpha value is -4.20. The molecule has 8 heteroatoms. The highest BCUT2D eigenvalue weighted by molar-refractivity contribution is 6.22. The highest BCUT2D eigenvalue weighted by Crippen LogP contribution is 2.29. The number of carbonyl (C=O) groups is 3. The topological polar surface area (TPSA) is 79.0 Å². The number of imide groups is 1. The van der Waals surface area contributed by atoms with Gasteiger partial charge in [-0.25, -0.2) is 14.1 Å². The molecule has 33 heavy (non-hydrogen) atoms. The Morgan fingerprint density at radius 3 is 2.39 bits per heavy atom. The summed E-state index contributed by atoms with van der Waals surface area (Å²) in [4.78, 5) is 41.7. The van der Waals surface area contributed by atoms with Gasteiger partial charge in [-0.1, -0.05) is 36.4 Å². The number of methoxy groups -OCH3 is 1. The van der Waals surface area contributed by atoms with E-state index in [2.05, 4.69) is 5.32 Å². The van der Waals surface area contributed by atoms with E-state index in [1.54, 1.807) is 67.8 Å². The molecular weight excluding hydrogens is 425 g/mol. The summed E-state index contributed by atoms with van der Waals surface area (Å²) in [5, 5.41) is 2.59. The standard InChI is InChI=1S/C25H22FN3O4/c1-33-21-12-10-17(11-13-21)16-28-22(15-23(30)27-19-7-5-6-18(26)14-19)24(31)29(25(28)32)20-8-3-2-4-9-20/h2-14,22H,15-16H2,1H3,(H,27,30)/t22-/m0/s1. The second-order valence-electron chi connectivity index (χ2n) is 7.55. The third-order valence-electron chi connectivity index (χ3n) is 5.33. The molecule has 168 valence electrons. The summed E-state index contributed by atoms with van der Waals surface area (Å²) in [6, 6.07) is 19.7. The van der Waals surface area contributed by atoms with Gasteiger partial charge < -0.3 is 15.0 Å². The van der Waals surface area contributed by atoms with Crippen LogP contribution in [0.5, 0.6) is 5.75 Å². The molecule has 1 N–H and O–H groups in total. The zero-order valence-electron chi connectivity index (χ0n) is 17.9. The fourth-order valence-corrected chi connectivity index (χ4v) is 3.71. The Labute approximate surface area is 190 Å². The maximum Gasteiger partial charge on any atom is 0.332 e. The molecule has 1 heterocycles. The third-order valence-corrected chi connectivity index (χ3v) is 5.33. The van der Waals surface area contributed by atoms with E-state index in [-0.39, 0.29) is 18.7 Å². The summed E-state index contributed by atoms with van der Waals surface area (Å²) in [6.07, 6.45) is -0.263. The molecule has 7 nitrogen and oxygen atoms in total. The Balaban J connectivity index is 1.59. The van der Waals surface area contributed by atoms with Crippen molar-refractivity contribution in [1.82, 2.24) is 4.90 Å². The van der Waals surface area contributed by atoms with Gasteiger partial charge in [-0.05, 0) is 48.0 Å². The van der Waals surface area contributed by atoms with Crippen LogP contribution >= 0.6 is 0 Å². The van der Waals surface area contributed by atoms with Crippen molar-refractivity contribution in [2.24, 2.45) is 0 Å². The zero-order valence-corrected chi connectivity index (χ0v) is 17.9. The molecule has 0 unspecified atom stereocenters. The van der Waals surface area contributed by atoms with Gasteiger partial charge in [-0.2, -0.15) is 0 Å². The van der Waals surface area contributed by atoms with Crippen LogP contribution in [-0.4, -0.2) is 35.9 Å². The molecule has 3 aromatic carbocycles. The van der Waals surface area contributed by atoms with E-state index in [4.69, 9.17) is 4.74 Å². The van der Waals surface area contributed by atoms with Gasteiger partial charge in [0, 0.05) is 12.2 Å². The summed E-state index contributed by atoms with van der Waals surface area (Å²) < 4.78 is 18.6. The van der Waals surface area contributed by atoms with Gasteiger partial charge in [0.1, 0.15) is 17.6 Å². The van der Waals surface area contributed by atoms with Gasteiger partial charge in [0.05, 0.1) is 19.2 Å². The van der Waals surface area contributed by atoms with Crippen LogP contribution in [0.15, 0.2) is 78.9 Å². The molecule has 0 saturated carbocycles. The second kappa shape index (κ2) is 9.52. The number of nitrogens with one attached hydrogen (secondary N) is 1. The third kappa shape index (κ3) is 4.85. The monoisotopic (exact) mass is 447 g/mol. The number of anilines is 2. The van der Waals surface area contributed by atoms with Crippen LogP contribution in [0.1, 0.15) is 12.0 Å². The Bertz CT molecular complexity index is 1170. The molecule has 0 aromatic heterocycles. The van der Waals surface area contributed by atoms with Crippen molar-refractivity contribution < 1.29 is 23.5 Å². The van der Waals surface area contributed by atoms with Crippen molar-refractivity contribution in [1.29, 1.82) is 0 Å². The van der Waals surface area contributed by atoms with E-state index in [0.717, 1.165) is 10.5 Å². The summed E-state index contributed by atoms with van der Waals surface area (Å²) >= 11 is 0. The lowest BCUT2D eigenvalue weighted by Gasteiger charge is -2.22. The molecule has 0 aliphatic carbocycles. The molecule has 0 bridgehead atoms. The number of hydrogen-bond acceptors (Lipinski definition) is 4. The molecule has 1 atom stereocenters. The van der Waals surface area contributed by atoms with Gasteiger partial charge >= 0.3 is 6.03 Å². The zero-order chi connectivity index (χ0) is 23.4. The first kappa shape index (κ1) is 22.0.